The van der Waals surface area contributed by atoms with Gasteiger partial charge < -0.3 is 18.6 Å². The molecule has 188 valence electrons. The van der Waals surface area contributed by atoms with Crippen molar-refractivity contribution in [2.75, 3.05) is 19.0 Å². The molecule has 4 rings (SSSR count). The minimum atomic E-state index is -0.340. The maximum atomic E-state index is 12.1. The van der Waals surface area contributed by atoms with Crippen molar-refractivity contribution in [1.29, 1.82) is 5.26 Å². The van der Waals surface area contributed by atoms with E-state index in [-0.39, 0.29) is 30.1 Å². The van der Waals surface area contributed by atoms with Crippen LogP contribution in [0.25, 0.3) is 10.8 Å². The lowest BCUT2D eigenvalue weighted by Gasteiger charge is -2.10. The van der Waals surface area contributed by atoms with Crippen LogP contribution in [0.5, 0.6) is 17.2 Å². The topological polar surface area (TPSA) is 132 Å². The van der Waals surface area contributed by atoms with E-state index in [4.69, 9.17) is 23.9 Å². The van der Waals surface area contributed by atoms with Gasteiger partial charge >= 0.3 is 0 Å². The van der Waals surface area contributed by atoms with Gasteiger partial charge in [-0.25, -0.2) is 5.43 Å². The number of rotatable bonds is 12. The molecule has 1 amide bonds. The van der Waals surface area contributed by atoms with E-state index in [1.807, 2.05) is 55.5 Å². The maximum Gasteiger partial charge on any atom is 0.277 e. The van der Waals surface area contributed by atoms with Crippen molar-refractivity contribution in [2.24, 2.45) is 5.10 Å². The maximum absolute atomic E-state index is 12.1. The van der Waals surface area contributed by atoms with Crippen molar-refractivity contribution in [1.82, 2.24) is 15.6 Å². The largest absolute Gasteiger partial charge is 0.490 e. The molecule has 0 bridgehead atoms. The third kappa shape index (κ3) is 7.46. The lowest BCUT2D eigenvalue weighted by molar-refractivity contribution is -0.118. The second kappa shape index (κ2) is 12.9. The van der Waals surface area contributed by atoms with Gasteiger partial charge in [-0.1, -0.05) is 42.1 Å². The molecule has 1 N–H and O–H groups in total. The molecule has 37 heavy (non-hydrogen) atoms. The number of fused-ring (bicyclic) bond motifs is 1. The van der Waals surface area contributed by atoms with Gasteiger partial charge in [-0.15, -0.1) is 10.2 Å². The highest BCUT2D eigenvalue weighted by Crippen LogP contribution is 2.28. The lowest BCUT2D eigenvalue weighted by atomic mass is 10.1. The Kier molecular flexibility index (Phi) is 8.93. The molecular formula is C26H23N5O5S. The number of hydrazone groups is 1. The van der Waals surface area contributed by atoms with Crippen molar-refractivity contribution in [2.45, 2.75) is 18.8 Å². The molecule has 10 nitrogen and oxygen atoms in total. The number of thioether (sulfide) groups is 1. The molecule has 0 spiro atoms. The summed E-state index contributed by atoms with van der Waals surface area (Å²) in [5.41, 5.74) is 3.14. The first kappa shape index (κ1) is 25.5. The van der Waals surface area contributed by atoms with Gasteiger partial charge in [-0.2, -0.15) is 10.4 Å². The normalized spacial score (nSPS) is 10.8. The first-order valence-electron chi connectivity index (χ1n) is 11.3. The fourth-order valence-electron chi connectivity index (χ4n) is 3.20. The second-order valence-electron chi connectivity index (χ2n) is 7.43. The summed E-state index contributed by atoms with van der Waals surface area (Å²) < 4.78 is 22.2. The third-order valence-corrected chi connectivity index (χ3v) is 5.64. The van der Waals surface area contributed by atoms with E-state index >= 15 is 0 Å². The first-order valence-corrected chi connectivity index (χ1v) is 12.3. The highest BCUT2D eigenvalue weighted by Gasteiger charge is 2.11. The quantitative estimate of drug-likeness (QED) is 0.165. The van der Waals surface area contributed by atoms with Gasteiger partial charge in [0.05, 0.1) is 18.6 Å². The van der Waals surface area contributed by atoms with Crippen LogP contribution in [0.3, 0.4) is 0 Å². The number of hydrogen-bond acceptors (Lipinski definition) is 10. The van der Waals surface area contributed by atoms with Crippen LogP contribution >= 0.6 is 11.8 Å². The lowest BCUT2D eigenvalue weighted by Crippen LogP contribution is -2.19. The zero-order chi connectivity index (χ0) is 25.9. The minimum absolute atomic E-state index is 0.0373. The summed E-state index contributed by atoms with van der Waals surface area (Å²) in [6.07, 6.45) is 1.48. The molecule has 0 atom stereocenters. The standard InChI is InChI=1S/C26H23N5O5S/c1-2-33-23-13-18(7-10-22(23)34-12-11-27)15-28-29-24(32)17-37-26-31-30-25(36-26)16-35-21-9-8-19-5-3-4-6-20(19)14-21/h3-10,13-15H,2,12,16-17H2,1H3,(H,29,32). The summed E-state index contributed by atoms with van der Waals surface area (Å²) >= 11 is 1.09. The van der Waals surface area contributed by atoms with E-state index in [1.165, 1.54) is 6.21 Å². The number of nitrogens with one attached hydrogen (secondary N) is 1. The summed E-state index contributed by atoms with van der Waals surface area (Å²) in [5, 5.41) is 23.0. The van der Waals surface area contributed by atoms with Crippen LogP contribution in [0, 0.1) is 11.3 Å². The van der Waals surface area contributed by atoms with Crippen molar-refractivity contribution in [3.63, 3.8) is 0 Å². The molecule has 0 aliphatic heterocycles. The Hall–Kier alpha value is -4.56. The Morgan fingerprint density at radius 2 is 1.95 bits per heavy atom. The zero-order valence-corrected chi connectivity index (χ0v) is 20.7. The van der Waals surface area contributed by atoms with E-state index in [2.05, 4.69) is 20.7 Å². The number of carbonyl (C=O) groups is 1. The van der Waals surface area contributed by atoms with E-state index in [9.17, 15) is 4.79 Å². The van der Waals surface area contributed by atoms with E-state index in [0.29, 0.717) is 35.3 Å². The van der Waals surface area contributed by atoms with Crippen LogP contribution in [0.1, 0.15) is 18.4 Å². The van der Waals surface area contributed by atoms with Gasteiger partial charge in [0.15, 0.2) is 24.7 Å². The second-order valence-corrected chi connectivity index (χ2v) is 8.35. The van der Waals surface area contributed by atoms with Crippen LogP contribution in [0.2, 0.25) is 0 Å². The molecule has 0 unspecified atom stereocenters. The fourth-order valence-corrected chi connectivity index (χ4v) is 3.77. The van der Waals surface area contributed by atoms with Crippen LogP contribution in [0.15, 0.2) is 75.4 Å². The summed E-state index contributed by atoms with van der Waals surface area (Å²) in [6, 6.07) is 20.9. The Labute approximate surface area is 217 Å². The number of nitriles is 1. The van der Waals surface area contributed by atoms with Gasteiger partial charge in [-0.05, 0) is 53.6 Å². The SMILES string of the molecule is CCOc1cc(C=NNC(=O)CSc2nnc(COc3ccc4ccccc4c3)o2)ccc1OCC#N. The third-order valence-electron chi connectivity index (χ3n) is 4.82. The molecule has 1 aromatic heterocycles. The Morgan fingerprint density at radius 1 is 1.08 bits per heavy atom. The molecule has 3 aromatic carbocycles. The molecule has 0 fully saturated rings. The highest BCUT2D eigenvalue weighted by molar-refractivity contribution is 7.99. The molecule has 0 aliphatic carbocycles. The number of benzene rings is 3. The highest BCUT2D eigenvalue weighted by atomic mass is 32.2. The molecule has 0 aliphatic rings. The van der Waals surface area contributed by atoms with Crippen LogP contribution in [-0.4, -0.2) is 41.3 Å². The van der Waals surface area contributed by atoms with Crippen molar-refractivity contribution in [3.05, 3.63) is 72.1 Å². The molecule has 0 radical (unpaired) electrons. The van der Waals surface area contributed by atoms with Crippen molar-refractivity contribution in [3.8, 4) is 23.3 Å². The van der Waals surface area contributed by atoms with Crippen molar-refractivity contribution < 1.29 is 23.4 Å². The van der Waals surface area contributed by atoms with Crippen LogP contribution in [0.4, 0.5) is 0 Å². The van der Waals surface area contributed by atoms with Crippen LogP contribution < -0.4 is 19.6 Å². The summed E-state index contributed by atoms with van der Waals surface area (Å²) in [5.74, 6) is 1.65. The molecular weight excluding hydrogens is 494 g/mol. The number of amides is 1. The minimum Gasteiger partial charge on any atom is -0.490 e. The average Bonchev–Trinajstić information content (AvgIpc) is 3.38. The number of ether oxygens (including phenoxy) is 3. The van der Waals surface area contributed by atoms with Gasteiger partial charge in [-0.3, -0.25) is 4.79 Å². The van der Waals surface area contributed by atoms with Gasteiger partial charge in [0.2, 0.25) is 0 Å². The number of carbonyl (C=O) groups excluding carboxylic acids is 1. The monoisotopic (exact) mass is 517 g/mol. The first-order chi connectivity index (χ1) is 18.1. The average molecular weight is 518 g/mol. The summed E-state index contributed by atoms with van der Waals surface area (Å²) in [6.45, 7) is 2.31. The number of hydrogen-bond donors (Lipinski definition) is 1. The number of nitrogens with zero attached hydrogens (tertiary/aromatic N) is 4. The molecule has 0 saturated heterocycles. The van der Waals surface area contributed by atoms with Crippen LogP contribution in [-0.2, 0) is 11.4 Å². The van der Waals surface area contributed by atoms with Crippen molar-refractivity contribution >= 4 is 34.7 Å². The molecule has 1 heterocycles. The number of aromatic nitrogens is 2. The molecule has 4 aromatic rings. The fraction of sp³-hybridized carbons (Fsp3) is 0.192. The van der Waals surface area contributed by atoms with Gasteiger partial charge in [0.1, 0.15) is 11.8 Å². The predicted octanol–water partition coefficient (Wildman–Crippen LogP) is 4.35. The zero-order valence-electron chi connectivity index (χ0n) is 19.9. The summed E-state index contributed by atoms with van der Waals surface area (Å²) in [7, 11) is 0. The molecule has 0 saturated carbocycles. The van der Waals surface area contributed by atoms with Gasteiger partial charge in [0, 0.05) is 0 Å². The Balaban J connectivity index is 1.23. The van der Waals surface area contributed by atoms with Gasteiger partial charge in [0.25, 0.3) is 17.0 Å². The smallest absolute Gasteiger partial charge is 0.277 e. The molecule has 11 heteroatoms. The predicted molar refractivity (Wildman–Crippen MR) is 138 cm³/mol. The Morgan fingerprint density at radius 3 is 2.78 bits per heavy atom. The van der Waals surface area contributed by atoms with E-state index < -0.39 is 0 Å². The summed E-state index contributed by atoms with van der Waals surface area (Å²) in [4.78, 5) is 12.1. The Bertz CT molecular complexity index is 1430. The van der Waals surface area contributed by atoms with E-state index in [0.717, 1.165) is 22.5 Å². The van der Waals surface area contributed by atoms with E-state index in [1.54, 1.807) is 18.2 Å².